The maximum Gasteiger partial charge on any atom is 0.331 e. The molecule has 0 amide bonds. The molecule has 0 spiro atoms. The van der Waals surface area contributed by atoms with Crippen molar-refractivity contribution in [1.82, 2.24) is 0 Å². The van der Waals surface area contributed by atoms with Crippen molar-refractivity contribution >= 4 is 7.60 Å². The van der Waals surface area contributed by atoms with Gasteiger partial charge in [0.05, 0.1) is 19.4 Å². The number of nitrogens with two attached hydrogens (primary N) is 1. The Morgan fingerprint density at radius 1 is 1.20 bits per heavy atom. The van der Waals surface area contributed by atoms with Crippen LogP contribution in [0.25, 0.3) is 0 Å². The zero-order valence-electron chi connectivity index (χ0n) is 9.49. The van der Waals surface area contributed by atoms with Crippen LogP contribution in [0.2, 0.25) is 0 Å². The highest BCUT2D eigenvalue weighted by molar-refractivity contribution is 7.53. The first-order chi connectivity index (χ1) is 6.95. The summed E-state index contributed by atoms with van der Waals surface area (Å²) in [7, 11) is -2.85. The van der Waals surface area contributed by atoms with E-state index in [4.69, 9.17) is 14.8 Å². The molecular formula is C10H20NO3P. The molecule has 3 rings (SSSR count). The molecule has 4 nitrogen and oxygen atoms in total. The Labute approximate surface area is 91.0 Å². The summed E-state index contributed by atoms with van der Waals surface area (Å²) in [5.74, 6) is 0. The van der Waals surface area contributed by atoms with Crippen LogP contribution >= 0.6 is 7.60 Å². The van der Waals surface area contributed by atoms with Crippen LogP contribution in [0.5, 0.6) is 0 Å². The molecule has 0 heterocycles. The lowest BCUT2D eigenvalue weighted by Crippen LogP contribution is -2.73. The molecule has 0 aromatic heterocycles. The van der Waals surface area contributed by atoms with Crippen molar-refractivity contribution in [3.8, 4) is 0 Å². The van der Waals surface area contributed by atoms with Gasteiger partial charge < -0.3 is 14.8 Å². The van der Waals surface area contributed by atoms with E-state index in [1.165, 1.54) is 0 Å². The highest BCUT2D eigenvalue weighted by atomic mass is 31.2. The number of hydrogen-bond donors (Lipinski definition) is 1. The minimum absolute atomic E-state index is 0.0588. The predicted molar refractivity (Wildman–Crippen MR) is 58.9 cm³/mol. The molecule has 0 aromatic carbocycles. The van der Waals surface area contributed by atoms with Crippen molar-refractivity contribution in [2.24, 2.45) is 11.1 Å². The number of hydrogen-bond acceptors (Lipinski definition) is 4. The van der Waals surface area contributed by atoms with Gasteiger partial charge in [0.15, 0.2) is 0 Å². The summed E-state index contributed by atoms with van der Waals surface area (Å²) < 4.78 is 22.8. The molecule has 0 aliphatic heterocycles. The summed E-state index contributed by atoms with van der Waals surface area (Å²) in [6, 6.07) is 0. The highest BCUT2D eigenvalue weighted by Gasteiger charge is 2.67. The van der Waals surface area contributed by atoms with E-state index < -0.39 is 7.60 Å². The second-order valence-corrected chi connectivity index (χ2v) is 7.05. The fourth-order valence-electron chi connectivity index (χ4n) is 3.19. The molecule has 0 aromatic rings. The monoisotopic (exact) mass is 233 g/mol. The lowest BCUT2D eigenvalue weighted by Gasteiger charge is -2.69. The zero-order chi connectivity index (χ0) is 11.2. The molecule has 5 heteroatoms. The normalized spacial score (nSPS) is 38.3. The lowest BCUT2D eigenvalue weighted by atomic mass is 9.40. The SMILES string of the molecule is CCOP(=O)(CC12CC(N)(C1)C2)OCC. The van der Waals surface area contributed by atoms with E-state index in [2.05, 4.69) is 0 Å². The van der Waals surface area contributed by atoms with E-state index in [9.17, 15) is 4.57 Å². The Balaban J connectivity index is 1.93. The molecule has 3 aliphatic rings. The molecule has 2 N–H and O–H groups in total. The molecule has 0 atom stereocenters. The van der Waals surface area contributed by atoms with Gasteiger partial charge in [-0.2, -0.15) is 0 Å². The molecule has 2 bridgehead atoms. The van der Waals surface area contributed by atoms with Crippen LogP contribution < -0.4 is 5.73 Å². The van der Waals surface area contributed by atoms with Crippen molar-refractivity contribution < 1.29 is 13.6 Å². The molecule has 15 heavy (non-hydrogen) atoms. The van der Waals surface area contributed by atoms with Crippen LogP contribution in [0.1, 0.15) is 33.1 Å². The smallest absolute Gasteiger partial charge is 0.325 e. The summed E-state index contributed by atoms with van der Waals surface area (Å²) >= 11 is 0. The van der Waals surface area contributed by atoms with Crippen molar-refractivity contribution in [2.45, 2.75) is 38.6 Å². The predicted octanol–water partition coefficient (Wildman–Crippen LogP) is 2.13. The van der Waals surface area contributed by atoms with Gasteiger partial charge in [0.25, 0.3) is 0 Å². The third-order valence-electron chi connectivity index (χ3n) is 3.36. The van der Waals surface area contributed by atoms with E-state index in [-0.39, 0.29) is 11.0 Å². The first-order valence-corrected chi connectivity index (χ1v) is 7.35. The minimum atomic E-state index is -2.85. The molecule has 0 radical (unpaired) electrons. The van der Waals surface area contributed by atoms with Crippen LogP contribution in [0.15, 0.2) is 0 Å². The van der Waals surface area contributed by atoms with Crippen LogP contribution in [0, 0.1) is 5.41 Å². The Hall–Kier alpha value is 0.110. The van der Waals surface area contributed by atoms with Gasteiger partial charge in [-0.05, 0) is 38.5 Å². The molecule has 0 unspecified atom stereocenters. The highest BCUT2D eigenvalue weighted by Crippen LogP contribution is 2.71. The largest absolute Gasteiger partial charge is 0.331 e. The van der Waals surface area contributed by atoms with Crippen LogP contribution in [0.3, 0.4) is 0 Å². The van der Waals surface area contributed by atoms with E-state index in [0.29, 0.717) is 19.4 Å². The second-order valence-electron chi connectivity index (χ2n) is 5.00. The minimum Gasteiger partial charge on any atom is -0.325 e. The van der Waals surface area contributed by atoms with Gasteiger partial charge in [0.1, 0.15) is 0 Å². The summed E-state index contributed by atoms with van der Waals surface area (Å²) in [6.45, 7) is 4.58. The topological polar surface area (TPSA) is 61.5 Å². The number of rotatable bonds is 6. The van der Waals surface area contributed by atoms with E-state index >= 15 is 0 Å². The average Bonchev–Trinajstić information content (AvgIpc) is 2.00. The van der Waals surface area contributed by atoms with Crippen LogP contribution in [0.4, 0.5) is 0 Å². The molecule has 3 fully saturated rings. The third-order valence-corrected chi connectivity index (χ3v) is 5.72. The molecule has 3 saturated carbocycles. The van der Waals surface area contributed by atoms with Gasteiger partial charge in [0.2, 0.25) is 0 Å². The van der Waals surface area contributed by atoms with Crippen LogP contribution in [-0.2, 0) is 13.6 Å². The van der Waals surface area contributed by atoms with Gasteiger partial charge in [-0.3, -0.25) is 4.57 Å². The Kier molecular flexibility index (Phi) is 2.75. The first-order valence-electron chi connectivity index (χ1n) is 5.62. The van der Waals surface area contributed by atoms with Crippen molar-refractivity contribution in [3.63, 3.8) is 0 Å². The van der Waals surface area contributed by atoms with Crippen molar-refractivity contribution in [1.29, 1.82) is 0 Å². The maximum atomic E-state index is 12.3. The van der Waals surface area contributed by atoms with Crippen molar-refractivity contribution in [3.05, 3.63) is 0 Å². The Morgan fingerprint density at radius 2 is 1.67 bits per heavy atom. The van der Waals surface area contributed by atoms with Crippen LogP contribution in [-0.4, -0.2) is 24.9 Å². The lowest BCUT2D eigenvalue weighted by molar-refractivity contribution is -0.115. The average molecular weight is 233 g/mol. The summed E-state index contributed by atoms with van der Waals surface area (Å²) in [5.41, 5.74) is 6.20. The molecule has 88 valence electrons. The van der Waals surface area contributed by atoms with Gasteiger partial charge in [0, 0.05) is 5.54 Å². The zero-order valence-corrected chi connectivity index (χ0v) is 10.4. The molecular weight excluding hydrogens is 213 g/mol. The maximum absolute atomic E-state index is 12.3. The summed E-state index contributed by atoms with van der Waals surface area (Å²) in [6.07, 6.45) is 3.53. The van der Waals surface area contributed by atoms with Gasteiger partial charge in [-0.1, -0.05) is 0 Å². The first kappa shape index (κ1) is 11.6. The van der Waals surface area contributed by atoms with Gasteiger partial charge in [-0.25, -0.2) is 0 Å². The summed E-state index contributed by atoms with van der Waals surface area (Å²) in [5, 5.41) is 0. The van der Waals surface area contributed by atoms with E-state index in [0.717, 1.165) is 19.3 Å². The van der Waals surface area contributed by atoms with Crippen molar-refractivity contribution in [2.75, 3.05) is 19.4 Å². The third kappa shape index (κ3) is 2.01. The Morgan fingerprint density at radius 3 is 2.00 bits per heavy atom. The van der Waals surface area contributed by atoms with E-state index in [1.807, 2.05) is 13.8 Å². The fourth-order valence-corrected chi connectivity index (χ4v) is 5.39. The van der Waals surface area contributed by atoms with Gasteiger partial charge >= 0.3 is 7.60 Å². The van der Waals surface area contributed by atoms with Gasteiger partial charge in [-0.15, -0.1) is 0 Å². The van der Waals surface area contributed by atoms with E-state index in [1.54, 1.807) is 0 Å². The fraction of sp³-hybridized carbons (Fsp3) is 1.00. The standard InChI is InChI=1S/C10H20NO3P/c1-3-13-15(12,14-4-2)8-9-5-10(11,6-9)7-9/h3-8,11H2,1-2H3. The Bertz CT molecular complexity index is 275. The summed E-state index contributed by atoms with van der Waals surface area (Å²) in [4.78, 5) is 0. The molecule has 3 aliphatic carbocycles. The quantitative estimate of drug-likeness (QED) is 0.714. The second kappa shape index (κ2) is 3.56. The molecule has 0 saturated heterocycles.